The monoisotopic (exact) mass is 305 g/mol. The quantitative estimate of drug-likeness (QED) is 0.832. The van der Waals surface area contributed by atoms with Gasteiger partial charge in [0.25, 0.3) is 0 Å². The van der Waals surface area contributed by atoms with Crippen LogP contribution in [-0.2, 0) is 11.2 Å². The van der Waals surface area contributed by atoms with Crippen LogP contribution in [0.3, 0.4) is 0 Å². The van der Waals surface area contributed by atoms with Gasteiger partial charge in [-0.15, -0.1) is 11.8 Å². The van der Waals surface area contributed by atoms with Crippen molar-refractivity contribution in [3.05, 3.63) is 53.1 Å². The summed E-state index contributed by atoms with van der Waals surface area (Å²) in [7, 11) is 0. The van der Waals surface area contributed by atoms with Crippen molar-refractivity contribution in [1.29, 1.82) is 0 Å². The zero-order valence-corrected chi connectivity index (χ0v) is 12.0. The number of carbonyl (C=O) groups excluding carboxylic acids is 1. The maximum atomic E-state index is 12.3. The number of thioether (sulfide) groups is 1. The Bertz CT molecular complexity index is 650. The number of rotatable bonds is 2. The lowest BCUT2D eigenvalue weighted by Crippen LogP contribution is -2.24. The predicted octanol–water partition coefficient (Wildman–Crippen LogP) is 3.70. The van der Waals surface area contributed by atoms with Crippen LogP contribution in [0, 0.1) is 0 Å². The molecule has 5 heteroatoms. The van der Waals surface area contributed by atoms with E-state index in [-0.39, 0.29) is 16.9 Å². The molecule has 0 bridgehead atoms. The third kappa shape index (κ3) is 2.62. The van der Waals surface area contributed by atoms with Gasteiger partial charge in [-0.05, 0) is 30.2 Å². The first-order chi connectivity index (χ1) is 9.63. The van der Waals surface area contributed by atoms with Crippen LogP contribution in [0.2, 0.25) is 5.02 Å². The zero-order chi connectivity index (χ0) is 14.1. The molecule has 0 aliphatic carbocycles. The fraction of sp³-hybridized carbons (Fsp3) is 0.133. The first-order valence-corrected chi connectivity index (χ1v) is 7.43. The first kappa shape index (κ1) is 13.3. The number of anilines is 1. The molecule has 0 aromatic heterocycles. The molecule has 1 heterocycles. The molecule has 0 fully saturated rings. The van der Waals surface area contributed by atoms with E-state index >= 15 is 0 Å². The largest absolute Gasteiger partial charge is 0.508 e. The molecule has 3 rings (SSSR count). The van der Waals surface area contributed by atoms with Crippen molar-refractivity contribution in [1.82, 2.24) is 0 Å². The number of fused-ring (bicyclic) bond motifs is 1. The number of amides is 1. The smallest absolute Gasteiger partial charge is 0.238 e. The molecule has 0 spiro atoms. The summed E-state index contributed by atoms with van der Waals surface area (Å²) in [5.74, 6) is 0.00874. The standard InChI is InChI=1S/C15H12ClNO2S/c16-11-8-10(18)5-6-12(11)17-15(19)14-7-9-3-1-2-4-13(9)20-14/h1-6,8,14,18H,7H2,(H,17,19). The second-order valence-corrected chi connectivity index (χ2v) is 6.22. The highest BCUT2D eigenvalue weighted by Crippen LogP contribution is 2.37. The first-order valence-electron chi connectivity index (χ1n) is 6.17. The van der Waals surface area contributed by atoms with Gasteiger partial charge in [-0.3, -0.25) is 4.79 Å². The number of halogens is 1. The van der Waals surface area contributed by atoms with Gasteiger partial charge in [0.2, 0.25) is 5.91 Å². The molecule has 2 aromatic carbocycles. The van der Waals surface area contributed by atoms with Crippen LogP contribution in [-0.4, -0.2) is 16.3 Å². The molecule has 2 N–H and O–H groups in total. The van der Waals surface area contributed by atoms with E-state index < -0.39 is 0 Å². The lowest BCUT2D eigenvalue weighted by atomic mass is 10.1. The molecule has 1 aliphatic heterocycles. The Labute approximate surface area is 126 Å². The summed E-state index contributed by atoms with van der Waals surface area (Å²) >= 11 is 7.56. The third-order valence-electron chi connectivity index (χ3n) is 3.15. The summed E-state index contributed by atoms with van der Waals surface area (Å²) < 4.78 is 0. The molecule has 3 nitrogen and oxygen atoms in total. The lowest BCUT2D eigenvalue weighted by molar-refractivity contribution is -0.115. The Morgan fingerprint density at radius 2 is 2.10 bits per heavy atom. The van der Waals surface area contributed by atoms with Crippen LogP contribution < -0.4 is 5.32 Å². The van der Waals surface area contributed by atoms with Gasteiger partial charge in [0.15, 0.2) is 0 Å². The maximum absolute atomic E-state index is 12.3. The molecule has 102 valence electrons. The second kappa shape index (κ2) is 5.38. The predicted molar refractivity (Wildman–Crippen MR) is 81.5 cm³/mol. The number of aromatic hydroxyl groups is 1. The van der Waals surface area contributed by atoms with E-state index in [0.717, 1.165) is 11.3 Å². The van der Waals surface area contributed by atoms with Gasteiger partial charge in [-0.2, -0.15) is 0 Å². The average molecular weight is 306 g/mol. The SMILES string of the molecule is O=C(Nc1ccc(O)cc1Cl)C1Cc2ccccc2S1. The van der Waals surface area contributed by atoms with Crippen molar-refractivity contribution in [2.45, 2.75) is 16.6 Å². The highest BCUT2D eigenvalue weighted by Gasteiger charge is 2.28. The number of phenols is 1. The maximum Gasteiger partial charge on any atom is 0.238 e. The summed E-state index contributed by atoms with van der Waals surface area (Å²) in [6, 6.07) is 12.5. The summed E-state index contributed by atoms with van der Waals surface area (Å²) in [4.78, 5) is 13.4. The van der Waals surface area contributed by atoms with Crippen molar-refractivity contribution >= 4 is 35.0 Å². The lowest BCUT2D eigenvalue weighted by Gasteiger charge is -2.11. The van der Waals surface area contributed by atoms with Crippen LogP contribution in [0.25, 0.3) is 0 Å². The minimum Gasteiger partial charge on any atom is -0.508 e. The molecule has 2 aromatic rings. The van der Waals surface area contributed by atoms with Crippen molar-refractivity contribution in [3.63, 3.8) is 0 Å². The highest BCUT2D eigenvalue weighted by atomic mass is 35.5. The fourth-order valence-corrected chi connectivity index (χ4v) is 3.56. The molecule has 0 radical (unpaired) electrons. The molecule has 0 saturated heterocycles. The second-order valence-electron chi connectivity index (χ2n) is 4.57. The Morgan fingerprint density at radius 1 is 1.30 bits per heavy atom. The van der Waals surface area contributed by atoms with Crippen LogP contribution in [0.15, 0.2) is 47.4 Å². The topological polar surface area (TPSA) is 49.3 Å². The Kier molecular flexibility index (Phi) is 3.59. The van der Waals surface area contributed by atoms with Crippen LogP contribution >= 0.6 is 23.4 Å². The van der Waals surface area contributed by atoms with Gasteiger partial charge in [0, 0.05) is 11.0 Å². The van der Waals surface area contributed by atoms with Gasteiger partial charge < -0.3 is 10.4 Å². The minimum absolute atomic E-state index is 0.0706. The summed E-state index contributed by atoms with van der Waals surface area (Å²) in [5, 5.41) is 12.3. The zero-order valence-electron chi connectivity index (χ0n) is 10.5. The number of hydrogen-bond acceptors (Lipinski definition) is 3. The van der Waals surface area contributed by atoms with Crippen LogP contribution in [0.4, 0.5) is 5.69 Å². The van der Waals surface area contributed by atoms with Gasteiger partial charge in [-0.25, -0.2) is 0 Å². The van der Waals surface area contributed by atoms with Crippen molar-refractivity contribution < 1.29 is 9.90 Å². The molecular weight excluding hydrogens is 294 g/mol. The van der Waals surface area contributed by atoms with Crippen molar-refractivity contribution in [3.8, 4) is 5.75 Å². The summed E-state index contributed by atoms with van der Waals surface area (Å²) in [6.07, 6.45) is 0.725. The number of benzene rings is 2. The van der Waals surface area contributed by atoms with Gasteiger partial charge in [-0.1, -0.05) is 29.8 Å². The van der Waals surface area contributed by atoms with E-state index in [1.54, 1.807) is 17.8 Å². The molecule has 1 atom stereocenters. The summed E-state index contributed by atoms with van der Waals surface area (Å²) in [6.45, 7) is 0. The van der Waals surface area contributed by atoms with Gasteiger partial charge >= 0.3 is 0 Å². The Hall–Kier alpha value is -1.65. The van der Waals surface area contributed by atoms with E-state index in [1.807, 2.05) is 24.3 Å². The van der Waals surface area contributed by atoms with Gasteiger partial charge in [0.1, 0.15) is 5.75 Å². The van der Waals surface area contributed by atoms with E-state index in [4.69, 9.17) is 11.6 Å². The number of nitrogens with one attached hydrogen (secondary N) is 1. The van der Waals surface area contributed by atoms with Crippen LogP contribution in [0.5, 0.6) is 5.75 Å². The van der Waals surface area contributed by atoms with E-state index in [0.29, 0.717) is 10.7 Å². The van der Waals surface area contributed by atoms with Gasteiger partial charge in [0.05, 0.1) is 16.0 Å². The highest BCUT2D eigenvalue weighted by molar-refractivity contribution is 8.01. The van der Waals surface area contributed by atoms with Crippen LogP contribution in [0.1, 0.15) is 5.56 Å². The number of hydrogen-bond donors (Lipinski definition) is 2. The molecule has 20 heavy (non-hydrogen) atoms. The van der Waals surface area contributed by atoms with E-state index in [9.17, 15) is 9.90 Å². The van der Waals surface area contributed by atoms with Crippen molar-refractivity contribution in [2.75, 3.05) is 5.32 Å². The molecular formula is C15H12ClNO2S. The van der Waals surface area contributed by atoms with E-state index in [2.05, 4.69) is 5.32 Å². The number of phenolic OH excluding ortho intramolecular Hbond substituents is 1. The molecule has 0 saturated carbocycles. The van der Waals surface area contributed by atoms with E-state index in [1.165, 1.54) is 17.7 Å². The summed E-state index contributed by atoms with van der Waals surface area (Å²) in [5.41, 5.74) is 1.72. The Morgan fingerprint density at radius 3 is 2.85 bits per heavy atom. The number of carbonyl (C=O) groups is 1. The minimum atomic E-state index is -0.141. The molecule has 1 unspecified atom stereocenters. The molecule has 1 amide bonds. The average Bonchev–Trinajstić information content (AvgIpc) is 2.86. The fourth-order valence-electron chi connectivity index (χ4n) is 2.15. The normalized spacial score (nSPS) is 16.8. The Balaban J connectivity index is 1.72. The third-order valence-corrected chi connectivity index (χ3v) is 4.78. The molecule has 1 aliphatic rings. The van der Waals surface area contributed by atoms with Crippen molar-refractivity contribution in [2.24, 2.45) is 0 Å².